The second-order valence-electron chi connectivity index (χ2n) is 5.81. The van der Waals surface area contributed by atoms with Crippen molar-refractivity contribution in [2.45, 2.75) is 42.7 Å². The zero-order valence-electron chi connectivity index (χ0n) is 12.5. The molecule has 6 nitrogen and oxygen atoms in total. The van der Waals surface area contributed by atoms with Crippen molar-refractivity contribution in [3.8, 4) is 5.69 Å². The van der Waals surface area contributed by atoms with E-state index in [1.165, 1.54) is 29.2 Å². The molecule has 0 spiro atoms. The Labute approximate surface area is 134 Å². The van der Waals surface area contributed by atoms with Gasteiger partial charge in [-0.1, -0.05) is 12.1 Å². The molecule has 1 aliphatic rings. The Balaban J connectivity index is 1.78. The van der Waals surface area contributed by atoms with Crippen LogP contribution in [0, 0.1) is 5.82 Å². The lowest BCUT2D eigenvalue weighted by atomic mass is 9.93. The largest absolute Gasteiger partial charge is 0.328 e. The van der Waals surface area contributed by atoms with Crippen LogP contribution in [0.1, 0.15) is 25.7 Å². The molecule has 8 heteroatoms. The lowest BCUT2D eigenvalue weighted by molar-refractivity contribution is 0.373. The Morgan fingerprint density at radius 1 is 1.22 bits per heavy atom. The van der Waals surface area contributed by atoms with Gasteiger partial charge in [0.25, 0.3) is 0 Å². The molecule has 1 heterocycles. The fourth-order valence-corrected chi connectivity index (χ4v) is 3.97. The highest BCUT2D eigenvalue weighted by molar-refractivity contribution is 7.89. The molecule has 1 saturated carbocycles. The van der Waals surface area contributed by atoms with E-state index in [0.717, 1.165) is 25.7 Å². The quantitative estimate of drug-likeness (QED) is 0.885. The molecule has 0 aliphatic heterocycles. The maximum Gasteiger partial charge on any atom is 0.243 e. The van der Waals surface area contributed by atoms with E-state index in [4.69, 9.17) is 5.73 Å². The average Bonchev–Trinajstić information content (AvgIpc) is 3.00. The first kappa shape index (κ1) is 16.1. The van der Waals surface area contributed by atoms with Gasteiger partial charge in [0.1, 0.15) is 16.4 Å². The minimum atomic E-state index is -3.67. The number of aromatic nitrogens is 2. The molecule has 0 radical (unpaired) electrons. The summed E-state index contributed by atoms with van der Waals surface area (Å²) in [4.78, 5) is 0.0237. The summed E-state index contributed by atoms with van der Waals surface area (Å²) in [5.41, 5.74) is 6.03. The van der Waals surface area contributed by atoms with Gasteiger partial charge in [0, 0.05) is 12.1 Å². The number of rotatable bonds is 4. The number of halogens is 1. The predicted molar refractivity (Wildman–Crippen MR) is 84.1 cm³/mol. The number of hydrogen-bond donors (Lipinski definition) is 2. The van der Waals surface area contributed by atoms with Gasteiger partial charge in [0.15, 0.2) is 0 Å². The number of nitrogens with two attached hydrogens (primary N) is 1. The highest BCUT2D eigenvalue weighted by atomic mass is 32.2. The number of hydrogen-bond acceptors (Lipinski definition) is 4. The Morgan fingerprint density at radius 3 is 2.61 bits per heavy atom. The van der Waals surface area contributed by atoms with Gasteiger partial charge in [-0.25, -0.2) is 22.2 Å². The maximum atomic E-state index is 13.8. The maximum absolute atomic E-state index is 13.8. The van der Waals surface area contributed by atoms with Crippen molar-refractivity contribution in [2.24, 2.45) is 5.73 Å². The van der Waals surface area contributed by atoms with E-state index in [1.807, 2.05) is 0 Å². The minimum absolute atomic E-state index is 0.0237. The van der Waals surface area contributed by atoms with Crippen LogP contribution in [0.2, 0.25) is 0 Å². The summed E-state index contributed by atoms with van der Waals surface area (Å²) < 4.78 is 42.5. The zero-order valence-corrected chi connectivity index (χ0v) is 13.3. The van der Waals surface area contributed by atoms with Crippen molar-refractivity contribution in [1.82, 2.24) is 14.5 Å². The fourth-order valence-electron chi connectivity index (χ4n) is 2.74. The van der Waals surface area contributed by atoms with E-state index >= 15 is 0 Å². The summed E-state index contributed by atoms with van der Waals surface area (Å²) in [7, 11) is -3.67. The molecule has 1 aliphatic carbocycles. The van der Waals surface area contributed by atoms with E-state index in [0.29, 0.717) is 0 Å². The van der Waals surface area contributed by atoms with Crippen molar-refractivity contribution in [3.05, 3.63) is 42.5 Å². The van der Waals surface area contributed by atoms with Crippen LogP contribution in [0.25, 0.3) is 5.69 Å². The lowest BCUT2D eigenvalue weighted by Crippen LogP contribution is -2.40. The normalized spacial score (nSPS) is 22.2. The lowest BCUT2D eigenvalue weighted by Gasteiger charge is -2.26. The number of sulfonamides is 1. The van der Waals surface area contributed by atoms with Crippen LogP contribution in [-0.4, -0.2) is 30.3 Å². The van der Waals surface area contributed by atoms with Gasteiger partial charge in [-0.05, 0) is 37.8 Å². The summed E-state index contributed by atoms with van der Waals surface area (Å²) in [6, 6.07) is 6.10. The number of para-hydroxylation sites is 1. The molecule has 0 unspecified atom stereocenters. The van der Waals surface area contributed by atoms with Crippen molar-refractivity contribution in [2.75, 3.05) is 0 Å². The van der Waals surface area contributed by atoms with E-state index in [2.05, 4.69) is 9.82 Å². The van der Waals surface area contributed by atoms with Gasteiger partial charge >= 0.3 is 0 Å². The van der Waals surface area contributed by atoms with Crippen molar-refractivity contribution >= 4 is 10.0 Å². The highest BCUT2D eigenvalue weighted by Crippen LogP contribution is 2.20. The molecule has 0 saturated heterocycles. The molecule has 3 N–H and O–H groups in total. The van der Waals surface area contributed by atoms with Crippen molar-refractivity contribution in [1.29, 1.82) is 0 Å². The first-order chi connectivity index (χ1) is 11.0. The van der Waals surface area contributed by atoms with Gasteiger partial charge in [-0.15, -0.1) is 0 Å². The highest BCUT2D eigenvalue weighted by Gasteiger charge is 2.25. The molecule has 1 fully saturated rings. The molecular weight excluding hydrogens is 319 g/mol. The van der Waals surface area contributed by atoms with E-state index in [-0.39, 0.29) is 22.7 Å². The topological polar surface area (TPSA) is 90.0 Å². The summed E-state index contributed by atoms with van der Waals surface area (Å²) in [5, 5.41) is 3.96. The monoisotopic (exact) mass is 338 g/mol. The standard InChI is InChI=1S/C15H19FN4O2S/c16-14-3-1-2-4-15(14)20-10-13(9-18-20)23(21,22)19-12-7-5-11(17)6-8-12/h1-4,9-12,19H,5-8,17H2. The third-order valence-electron chi connectivity index (χ3n) is 4.06. The van der Waals surface area contributed by atoms with Gasteiger partial charge < -0.3 is 5.73 Å². The van der Waals surface area contributed by atoms with Crippen LogP contribution in [-0.2, 0) is 10.0 Å². The van der Waals surface area contributed by atoms with Crippen molar-refractivity contribution in [3.63, 3.8) is 0 Å². The first-order valence-electron chi connectivity index (χ1n) is 7.53. The zero-order chi connectivity index (χ0) is 16.4. The fraction of sp³-hybridized carbons (Fsp3) is 0.400. The third-order valence-corrected chi connectivity index (χ3v) is 5.54. The molecule has 23 heavy (non-hydrogen) atoms. The molecular formula is C15H19FN4O2S. The Morgan fingerprint density at radius 2 is 1.91 bits per heavy atom. The predicted octanol–water partition coefficient (Wildman–Crippen LogP) is 1.56. The average molecular weight is 338 g/mol. The Hall–Kier alpha value is -1.77. The van der Waals surface area contributed by atoms with E-state index in [9.17, 15) is 12.8 Å². The van der Waals surface area contributed by atoms with Gasteiger partial charge in [0.2, 0.25) is 10.0 Å². The molecule has 1 aromatic heterocycles. The molecule has 3 rings (SSSR count). The van der Waals surface area contributed by atoms with Crippen LogP contribution in [0.5, 0.6) is 0 Å². The van der Waals surface area contributed by atoms with E-state index in [1.54, 1.807) is 12.1 Å². The summed E-state index contributed by atoms with van der Waals surface area (Å²) >= 11 is 0. The summed E-state index contributed by atoms with van der Waals surface area (Å²) in [6.07, 6.45) is 5.60. The molecule has 2 aromatic rings. The Kier molecular flexibility index (Phi) is 4.47. The second-order valence-corrected chi connectivity index (χ2v) is 7.52. The third kappa shape index (κ3) is 3.60. The molecule has 1 aromatic carbocycles. The Bertz CT molecular complexity index is 782. The molecule has 0 atom stereocenters. The van der Waals surface area contributed by atoms with Gasteiger partial charge in [0.05, 0.1) is 12.4 Å². The van der Waals surface area contributed by atoms with Crippen LogP contribution in [0.4, 0.5) is 4.39 Å². The number of nitrogens with one attached hydrogen (secondary N) is 1. The number of benzene rings is 1. The van der Waals surface area contributed by atoms with Crippen LogP contribution in [0.3, 0.4) is 0 Å². The number of nitrogens with zero attached hydrogens (tertiary/aromatic N) is 2. The molecule has 0 amide bonds. The van der Waals surface area contributed by atoms with Gasteiger partial charge in [-0.3, -0.25) is 0 Å². The second kappa shape index (κ2) is 6.38. The summed E-state index contributed by atoms with van der Waals surface area (Å²) in [5.74, 6) is -0.464. The van der Waals surface area contributed by atoms with Crippen molar-refractivity contribution < 1.29 is 12.8 Å². The van der Waals surface area contributed by atoms with Crippen LogP contribution < -0.4 is 10.5 Å². The minimum Gasteiger partial charge on any atom is -0.328 e. The smallest absolute Gasteiger partial charge is 0.243 e. The molecule has 124 valence electrons. The molecule has 0 bridgehead atoms. The first-order valence-corrected chi connectivity index (χ1v) is 9.01. The SMILES string of the molecule is NC1CCC(NS(=O)(=O)c2cnn(-c3ccccc3F)c2)CC1. The van der Waals surface area contributed by atoms with E-state index < -0.39 is 15.8 Å². The summed E-state index contributed by atoms with van der Waals surface area (Å²) in [6.45, 7) is 0. The van der Waals surface area contributed by atoms with Gasteiger partial charge in [-0.2, -0.15) is 5.10 Å². The van der Waals surface area contributed by atoms with Crippen LogP contribution in [0.15, 0.2) is 41.6 Å². The van der Waals surface area contributed by atoms with Crippen LogP contribution >= 0.6 is 0 Å².